The molecule has 0 saturated heterocycles. The van der Waals surface area contributed by atoms with Crippen molar-refractivity contribution in [2.75, 3.05) is 6.61 Å². The van der Waals surface area contributed by atoms with Gasteiger partial charge < -0.3 is 4.74 Å². The molecule has 0 aliphatic heterocycles. The van der Waals surface area contributed by atoms with Gasteiger partial charge >= 0.3 is 5.97 Å². The molecule has 1 aliphatic carbocycles. The number of carbonyl (C=O) groups is 2. The lowest BCUT2D eigenvalue weighted by Gasteiger charge is -2.36. The molecule has 18 heavy (non-hydrogen) atoms. The van der Waals surface area contributed by atoms with Crippen LogP contribution in [0.4, 0.5) is 0 Å². The van der Waals surface area contributed by atoms with Gasteiger partial charge in [-0.3, -0.25) is 4.79 Å². The van der Waals surface area contributed by atoms with Gasteiger partial charge in [-0.2, -0.15) is 0 Å². The fourth-order valence-electron chi connectivity index (χ4n) is 2.32. The standard InChI is InChI=1S/C14H16O3S/c1-4-17-14(16)13(15)12-9(3)8(2)11(12)10-6-5-7-18-10/h5-9H,4H2,1-3H3. The first-order chi connectivity index (χ1) is 8.57. The Bertz CT molecular complexity index is 499. The molecular formula is C14H16O3S. The molecule has 1 aromatic rings. The van der Waals surface area contributed by atoms with Crippen molar-refractivity contribution < 1.29 is 14.3 Å². The molecule has 2 rings (SSSR count). The van der Waals surface area contributed by atoms with Gasteiger partial charge in [0.2, 0.25) is 0 Å². The molecular weight excluding hydrogens is 248 g/mol. The highest BCUT2D eigenvalue weighted by Gasteiger charge is 2.41. The summed E-state index contributed by atoms with van der Waals surface area (Å²) in [5.41, 5.74) is 1.64. The van der Waals surface area contributed by atoms with Crippen LogP contribution in [-0.2, 0) is 14.3 Å². The van der Waals surface area contributed by atoms with Gasteiger partial charge in [0.05, 0.1) is 6.61 Å². The number of carbonyl (C=O) groups excluding carboxylic acids is 2. The average Bonchev–Trinajstić information content (AvgIpc) is 2.87. The van der Waals surface area contributed by atoms with E-state index in [4.69, 9.17) is 4.74 Å². The molecule has 0 saturated carbocycles. The summed E-state index contributed by atoms with van der Waals surface area (Å²) < 4.78 is 4.79. The number of hydrogen-bond donors (Lipinski definition) is 0. The van der Waals surface area contributed by atoms with E-state index in [0.29, 0.717) is 11.5 Å². The van der Waals surface area contributed by atoms with Gasteiger partial charge in [0.1, 0.15) is 0 Å². The van der Waals surface area contributed by atoms with E-state index in [1.807, 2.05) is 24.4 Å². The van der Waals surface area contributed by atoms with E-state index in [0.717, 1.165) is 10.5 Å². The number of ether oxygens (including phenoxy) is 1. The van der Waals surface area contributed by atoms with Crippen molar-refractivity contribution in [3.63, 3.8) is 0 Å². The van der Waals surface area contributed by atoms with Crippen molar-refractivity contribution in [2.45, 2.75) is 20.8 Å². The molecule has 4 heteroatoms. The molecule has 2 atom stereocenters. The van der Waals surface area contributed by atoms with Crippen molar-refractivity contribution >= 4 is 28.7 Å². The molecule has 0 amide bonds. The Balaban J connectivity index is 2.35. The minimum absolute atomic E-state index is 0.124. The van der Waals surface area contributed by atoms with E-state index < -0.39 is 11.8 Å². The van der Waals surface area contributed by atoms with Crippen molar-refractivity contribution in [1.29, 1.82) is 0 Å². The van der Waals surface area contributed by atoms with E-state index in [-0.39, 0.29) is 12.5 Å². The highest BCUT2D eigenvalue weighted by atomic mass is 32.1. The van der Waals surface area contributed by atoms with Crippen molar-refractivity contribution in [3.8, 4) is 0 Å². The first kappa shape index (κ1) is 13.0. The predicted molar refractivity (Wildman–Crippen MR) is 71.2 cm³/mol. The van der Waals surface area contributed by atoms with E-state index in [1.54, 1.807) is 18.3 Å². The zero-order valence-electron chi connectivity index (χ0n) is 10.7. The monoisotopic (exact) mass is 264 g/mol. The number of Topliss-reactive ketones (excluding diaryl/α,β-unsaturated/α-hetero) is 1. The number of ketones is 1. The van der Waals surface area contributed by atoms with Crippen LogP contribution in [0.25, 0.3) is 5.57 Å². The van der Waals surface area contributed by atoms with Gasteiger partial charge in [0.25, 0.3) is 5.78 Å². The maximum absolute atomic E-state index is 12.0. The third-order valence-corrected chi connectivity index (χ3v) is 4.35. The Morgan fingerprint density at radius 3 is 2.61 bits per heavy atom. The SMILES string of the molecule is CCOC(=O)C(=O)C1=C(c2cccs2)C(C)C1C. The normalized spacial score (nSPS) is 22.6. The van der Waals surface area contributed by atoms with Crippen LogP contribution < -0.4 is 0 Å². The molecule has 0 aromatic carbocycles. The maximum Gasteiger partial charge on any atom is 0.379 e. The lowest BCUT2D eigenvalue weighted by atomic mass is 9.67. The number of rotatable bonds is 4. The minimum atomic E-state index is -0.736. The summed E-state index contributed by atoms with van der Waals surface area (Å²) in [6, 6.07) is 3.94. The minimum Gasteiger partial charge on any atom is -0.460 e. The highest BCUT2D eigenvalue weighted by molar-refractivity contribution is 7.11. The van der Waals surface area contributed by atoms with Crippen molar-refractivity contribution in [2.24, 2.45) is 11.8 Å². The zero-order chi connectivity index (χ0) is 13.3. The average molecular weight is 264 g/mol. The van der Waals surface area contributed by atoms with Gasteiger partial charge in [-0.1, -0.05) is 19.9 Å². The van der Waals surface area contributed by atoms with E-state index in [2.05, 4.69) is 6.92 Å². The maximum atomic E-state index is 12.0. The second-order valence-electron chi connectivity index (χ2n) is 4.43. The van der Waals surface area contributed by atoms with E-state index in [9.17, 15) is 9.59 Å². The van der Waals surface area contributed by atoms with Gasteiger partial charge in [0.15, 0.2) is 0 Å². The Morgan fingerprint density at radius 1 is 1.33 bits per heavy atom. The van der Waals surface area contributed by atoms with Crippen molar-refractivity contribution in [3.05, 3.63) is 28.0 Å². The van der Waals surface area contributed by atoms with E-state index >= 15 is 0 Å². The van der Waals surface area contributed by atoms with Crippen LogP contribution in [0.5, 0.6) is 0 Å². The molecule has 0 fully saturated rings. The van der Waals surface area contributed by atoms with E-state index in [1.165, 1.54) is 0 Å². The Morgan fingerprint density at radius 2 is 2.06 bits per heavy atom. The summed E-state index contributed by atoms with van der Waals surface area (Å²) in [4.78, 5) is 24.7. The van der Waals surface area contributed by atoms with Gasteiger partial charge in [-0.05, 0) is 35.8 Å². The molecule has 96 valence electrons. The Labute approximate surface area is 110 Å². The number of esters is 1. The summed E-state index contributed by atoms with van der Waals surface area (Å²) >= 11 is 1.60. The Hall–Kier alpha value is -1.42. The third kappa shape index (κ3) is 2.01. The van der Waals surface area contributed by atoms with Crippen LogP contribution in [0.1, 0.15) is 25.6 Å². The third-order valence-electron chi connectivity index (χ3n) is 3.44. The van der Waals surface area contributed by atoms with Gasteiger partial charge in [-0.25, -0.2) is 4.79 Å². The van der Waals surface area contributed by atoms with Crippen LogP contribution in [-0.4, -0.2) is 18.4 Å². The number of hydrogen-bond acceptors (Lipinski definition) is 4. The highest BCUT2D eigenvalue weighted by Crippen LogP contribution is 2.47. The summed E-state index contributed by atoms with van der Waals surface area (Å²) in [6.07, 6.45) is 0. The fraction of sp³-hybridized carbons (Fsp3) is 0.429. The molecule has 0 spiro atoms. The quantitative estimate of drug-likeness (QED) is 0.620. The zero-order valence-corrected chi connectivity index (χ0v) is 11.5. The van der Waals surface area contributed by atoms with Crippen LogP contribution in [0.15, 0.2) is 23.1 Å². The molecule has 0 N–H and O–H groups in total. The van der Waals surface area contributed by atoms with Crippen molar-refractivity contribution in [1.82, 2.24) is 0 Å². The van der Waals surface area contributed by atoms with Crippen LogP contribution in [0.2, 0.25) is 0 Å². The number of allylic oxidation sites excluding steroid dienone is 1. The molecule has 0 bridgehead atoms. The van der Waals surface area contributed by atoms with Crippen LogP contribution >= 0.6 is 11.3 Å². The summed E-state index contributed by atoms with van der Waals surface area (Å²) in [5.74, 6) is -0.776. The number of thiophene rings is 1. The molecule has 1 aromatic heterocycles. The second kappa shape index (κ2) is 5.06. The molecule has 3 nitrogen and oxygen atoms in total. The smallest absolute Gasteiger partial charge is 0.379 e. The lowest BCUT2D eigenvalue weighted by Crippen LogP contribution is -2.34. The summed E-state index contributed by atoms with van der Waals surface area (Å²) in [7, 11) is 0. The molecule has 2 unspecified atom stereocenters. The fourth-order valence-corrected chi connectivity index (χ4v) is 3.20. The molecule has 1 heterocycles. The van der Waals surface area contributed by atoms with Crippen LogP contribution in [0, 0.1) is 11.8 Å². The first-order valence-electron chi connectivity index (χ1n) is 6.07. The largest absolute Gasteiger partial charge is 0.460 e. The summed E-state index contributed by atoms with van der Waals surface area (Å²) in [5, 5.41) is 1.98. The molecule has 0 radical (unpaired) electrons. The van der Waals surface area contributed by atoms with Gasteiger partial charge in [-0.15, -0.1) is 11.3 Å². The lowest BCUT2D eigenvalue weighted by molar-refractivity contribution is -0.152. The second-order valence-corrected chi connectivity index (χ2v) is 5.38. The summed E-state index contributed by atoms with van der Waals surface area (Å²) in [6.45, 7) is 6.00. The molecule has 1 aliphatic rings. The van der Waals surface area contributed by atoms with Crippen LogP contribution in [0.3, 0.4) is 0 Å². The Kier molecular flexibility index (Phi) is 3.66. The first-order valence-corrected chi connectivity index (χ1v) is 6.95. The topological polar surface area (TPSA) is 43.4 Å². The predicted octanol–water partition coefficient (Wildman–Crippen LogP) is 2.92. The van der Waals surface area contributed by atoms with Gasteiger partial charge in [0, 0.05) is 10.5 Å².